The van der Waals surface area contributed by atoms with E-state index in [1.807, 2.05) is 11.3 Å². The van der Waals surface area contributed by atoms with Crippen molar-refractivity contribution in [2.75, 3.05) is 5.32 Å². The average Bonchev–Trinajstić information content (AvgIpc) is 3.07. The largest absolute Gasteiger partial charge is 0.380 e. The summed E-state index contributed by atoms with van der Waals surface area (Å²) in [5, 5.41) is 3.54. The molecule has 104 valence electrons. The molecule has 1 heterocycles. The molecule has 0 radical (unpaired) electrons. The molecule has 0 fully saturated rings. The first-order chi connectivity index (χ1) is 10.3. The fraction of sp³-hybridized carbons (Fsp3) is 0.158. The Hall–Kier alpha value is -2.06. The van der Waals surface area contributed by atoms with Gasteiger partial charge in [-0.1, -0.05) is 30.3 Å². The summed E-state index contributed by atoms with van der Waals surface area (Å²) in [7, 11) is 0. The van der Waals surface area contributed by atoms with E-state index >= 15 is 0 Å². The molecule has 1 aliphatic rings. The summed E-state index contributed by atoms with van der Waals surface area (Å²) in [6.45, 7) is 3.06. The first-order valence-corrected chi connectivity index (χ1v) is 8.12. The van der Waals surface area contributed by atoms with Crippen LogP contribution in [0.4, 0.5) is 5.69 Å². The van der Waals surface area contributed by atoms with Crippen molar-refractivity contribution < 1.29 is 0 Å². The molecule has 21 heavy (non-hydrogen) atoms. The van der Waals surface area contributed by atoms with Gasteiger partial charge >= 0.3 is 0 Å². The number of aryl methyl sites for hydroxylation is 1. The van der Waals surface area contributed by atoms with Crippen LogP contribution in [0.2, 0.25) is 0 Å². The van der Waals surface area contributed by atoms with Crippen molar-refractivity contribution in [2.45, 2.75) is 19.9 Å². The molecule has 1 N–H and O–H groups in total. The molecule has 0 unspecified atom stereocenters. The van der Waals surface area contributed by atoms with Gasteiger partial charge in [0.1, 0.15) is 0 Å². The fourth-order valence-corrected chi connectivity index (χ4v) is 3.85. The topological polar surface area (TPSA) is 12.0 Å². The monoisotopic (exact) mass is 291 g/mol. The van der Waals surface area contributed by atoms with Gasteiger partial charge in [-0.05, 0) is 59.9 Å². The summed E-state index contributed by atoms with van der Waals surface area (Å²) < 4.78 is 0. The lowest BCUT2D eigenvalue weighted by molar-refractivity contribution is 1.18. The maximum atomic E-state index is 3.54. The number of anilines is 1. The molecular formula is C19H17NS. The van der Waals surface area contributed by atoms with Gasteiger partial charge in [-0.2, -0.15) is 0 Å². The molecule has 4 rings (SSSR count). The number of benzene rings is 2. The van der Waals surface area contributed by atoms with Crippen molar-refractivity contribution in [2.24, 2.45) is 0 Å². The van der Waals surface area contributed by atoms with E-state index in [9.17, 15) is 0 Å². The van der Waals surface area contributed by atoms with Crippen molar-refractivity contribution in [1.82, 2.24) is 0 Å². The lowest BCUT2D eigenvalue weighted by Crippen LogP contribution is -1.97. The van der Waals surface area contributed by atoms with Crippen LogP contribution >= 0.6 is 11.3 Å². The molecule has 3 aromatic rings. The molecule has 0 bridgehead atoms. The molecule has 1 aromatic heterocycles. The predicted molar refractivity (Wildman–Crippen MR) is 91.1 cm³/mol. The molecule has 0 amide bonds. The van der Waals surface area contributed by atoms with Gasteiger partial charge in [-0.3, -0.25) is 0 Å². The minimum absolute atomic E-state index is 0.907. The normalized spacial score (nSPS) is 12.0. The SMILES string of the molecule is Cc1ccc(CNc2ccc3c(c2)Cc2ccccc2-3)s1. The number of hydrogen-bond donors (Lipinski definition) is 1. The van der Waals surface area contributed by atoms with Crippen LogP contribution < -0.4 is 5.32 Å². The molecule has 1 nitrogen and oxygen atoms in total. The number of rotatable bonds is 3. The molecule has 0 aliphatic heterocycles. The van der Waals surface area contributed by atoms with Crippen LogP contribution in [-0.2, 0) is 13.0 Å². The van der Waals surface area contributed by atoms with Crippen molar-refractivity contribution in [1.29, 1.82) is 0 Å². The molecule has 0 spiro atoms. The van der Waals surface area contributed by atoms with E-state index in [0.717, 1.165) is 13.0 Å². The Bertz CT molecular complexity index is 801. The lowest BCUT2D eigenvalue weighted by Gasteiger charge is -2.07. The zero-order chi connectivity index (χ0) is 14.2. The second kappa shape index (κ2) is 5.05. The summed E-state index contributed by atoms with van der Waals surface area (Å²) in [5.41, 5.74) is 6.88. The predicted octanol–water partition coefficient (Wildman–Crippen LogP) is 5.24. The third-order valence-electron chi connectivity index (χ3n) is 4.06. The number of fused-ring (bicyclic) bond motifs is 3. The van der Waals surface area contributed by atoms with Gasteiger partial charge < -0.3 is 5.32 Å². The van der Waals surface area contributed by atoms with Gasteiger partial charge in [-0.25, -0.2) is 0 Å². The summed E-state index contributed by atoms with van der Waals surface area (Å²) in [6, 6.07) is 19.8. The molecular weight excluding hydrogens is 274 g/mol. The second-order valence-corrected chi connectivity index (χ2v) is 6.94. The van der Waals surface area contributed by atoms with Crippen LogP contribution in [0.15, 0.2) is 54.6 Å². The van der Waals surface area contributed by atoms with Crippen molar-refractivity contribution >= 4 is 17.0 Å². The molecule has 2 heteroatoms. The van der Waals surface area contributed by atoms with E-state index in [1.54, 1.807) is 0 Å². The summed E-state index contributed by atoms with van der Waals surface area (Å²) in [4.78, 5) is 2.76. The highest BCUT2D eigenvalue weighted by Crippen LogP contribution is 2.37. The molecule has 0 atom stereocenters. The van der Waals surface area contributed by atoms with E-state index in [0.29, 0.717) is 0 Å². The van der Waals surface area contributed by atoms with E-state index < -0.39 is 0 Å². The van der Waals surface area contributed by atoms with Crippen LogP contribution in [0.5, 0.6) is 0 Å². The summed E-state index contributed by atoms with van der Waals surface area (Å²) >= 11 is 1.86. The maximum Gasteiger partial charge on any atom is 0.0494 e. The van der Waals surface area contributed by atoms with Gasteiger partial charge in [-0.15, -0.1) is 11.3 Å². The Balaban J connectivity index is 1.56. The Morgan fingerprint density at radius 2 is 1.81 bits per heavy atom. The maximum absolute atomic E-state index is 3.54. The highest BCUT2D eigenvalue weighted by atomic mass is 32.1. The number of nitrogens with one attached hydrogen (secondary N) is 1. The van der Waals surface area contributed by atoms with Crippen LogP contribution in [0, 0.1) is 6.92 Å². The van der Waals surface area contributed by atoms with Gasteiger partial charge in [0.15, 0.2) is 0 Å². The minimum Gasteiger partial charge on any atom is -0.380 e. The van der Waals surface area contributed by atoms with Crippen molar-refractivity contribution in [3.8, 4) is 11.1 Å². The van der Waals surface area contributed by atoms with Crippen LogP contribution in [0.1, 0.15) is 20.9 Å². The van der Waals surface area contributed by atoms with Crippen molar-refractivity contribution in [3.63, 3.8) is 0 Å². The summed E-state index contributed by atoms with van der Waals surface area (Å²) in [5.74, 6) is 0. The molecule has 0 saturated carbocycles. The second-order valence-electron chi connectivity index (χ2n) is 5.57. The highest BCUT2D eigenvalue weighted by Gasteiger charge is 2.17. The minimum atomic E-state index is 0.907. The van der Waals surface area contributed by atoms with Gasteiger partial charge in [0.2, 0.25) is 0 Å². The fourth-order valence-electron chi connectivity index (χ4n) is 3.02. The van der Waals surface area contributed by atoms with E-state index in [1.165, 1.54) is 37.7 Å². The Kier molecular flexibility index (Phi) is 3.04. The van der Waals surface area contributed by atoms with Gasteiger partial charge in [0.25, 0.3) is 0 Å². The van der Waals surface area contributed by atoms with E-state index in [4.69, 9.17) is 0 Å². The highest BCUT2D eigenvalue weighted by molar-refractivity contribution is 7.11. The first-order valence-electron chi connectivity index (χ1n) is 7.30. The van der Waals surface area contributed by atoms with Crippen LogP contribution in [-0.4, -0.2) is 0 Å². The Morgan fingerprint density at radius 1 is 0.952 bits per heavy atom. The van der Waals surface area contributed by atoms with E-state index in [2.05, 4.69) is 66.8 Å². The molecule has 1 aliphatic carbocycles. The first kappa shape index (κ1) is 12.7. The zero-order valence-electron chi connectivity index (χ0n) is 12.0. The standard InChI is InChI=1S/C19H17NS/c1-13-6-8-17(21-13)12-20-16-7-9-19-15(11-16)10-14-4-2-3-5-18(14)19/h2-9,11,20H,10,12H2,1H3. The molecule has 2 aromatic carbocycles. The Labute approximate surface area is 129 Å². The lowest BCUT2D eigenvalue weighted by atomic mass is 10.1. The van der Waals surface area contributed by atoms with E-state index in [-0.39, 0.29) is 0 Å². The third-order valence-corrected chi connectivity index (χ3v) is 5.06. The smallest absolute Gasteiger partial charge is 0.0494 e. The van der Waals surface area contributed by atoms with Crippen LogP contribution in [0.25, 0.3) is 11.1 Å². The third kappa shape index (κ3) is 2.36. The summed E-state index contributed by atoms with van der Waals surface area (Å²) in [6.07, 6.45) is 1.05. The Morgan fingerprint density at radius 3 is 2.67 bits per heavy atom. The quantitative estimate of drug-likeness (QED) is 0.544. The van der Waals surface area contributed by atoms with Gasteiger partial charge in [0, 0.05) is 22.0 Å². The number of hydrogen-bond acceptors (Lipinski definition) is 2. The molecule has 0 saturated heterocycles. The van der Waals surface area contributed by atoms with Gasteiger partial charge in [0.05, 0.1) is 0 Å². The number of thiophene rings is 1. The van der Waals surface area contributed by atoms with Crippen molar-refractivity contribution in [3.05, 3.63) is 75.5 Å². The zero-order valence-corrected chi connectivity index (χ0v) is 12.8. The average molecular weight is 291 g/mol. The van der Waals surface area contributed by atoms with Crippen LogP contribution in [0.3, 0.4) is 0 Å².